The molecule has 1 nitrogen and oxygen atoms in total. The van der Waals surface area contributed by atoms with E-state index in [9.17, 15) is 5.11 Å². The van der Waals surface area contributed by atoms with Crippen LogP contribution in [0.3, 0.4) is 0 Å². The van der Waals surface area contributed by atoms with Crippen LogP contribution in [0.5, 0.6) is 0 Å². The van der Waals surface area contributed by atoms with E-state index in [2.05, 4.69) is 46.4 Å². The summed E-state index contributed by atoms with van der Waals surface area (Å²) in [4.78, 5) is 0. The largest absolute Gasteiger partial charge is 0.393 e. The van der Waals surface area contributed by atoms with Crippen LogP contribution in [0.15, 0.2) is 35.5 Å². The molecule has 5 atom stereocenters. The quantitative estimate of drug-likeness (QED) is 0.465. The summed E-state index contributed by atoms with van der Waals surface area (Å²) in [6, 6.07) is 0. The zero-order chi connectivity index (χ0) is 20.3. The van der Waals surface area contributed by atoms with Gasteiger partial charge in [-0.3, -0.25) is 0 Å². The van der Waals surface area contributed by atoms with Crippen molar-refractivity contribution in [3.05, 3.63) is 35.5 Å². The van der Waals surface area contributed by atoms with E-state index in [1.165, 1.54) is 62.5 Å². The average Bonchev–Trinajstić information content (AvgIpc) is 2.99. The molecule has 0 spiro atoms. The fourth-order valence-corrected chi connectivity index (χ4v) is 6.66. The van der Waals surface area contributed by atoms with Gasteiger partial charge in [-0.15, -0.1) is 0 Å². The number of hydrogen-bond acceptors (Lipinski definition) is 1. The zero-order valence-corrected chi connectivity index (χ0v) is 19.0. The molecule has 3 aliphatic rings. The highest BCUT2D eigenvalue weighted by molar-refractivity contribution is 5.36. The highest BCUT2D eigenvalue weighted by Gasteiger charge is 2.50. The van der Waals surface area contributed by atoms with Gasteiger partial charge in [-0.1, -0.05) is 76.8 Å². The van der Waals surface area contributed by atoms with Crippen molar-refractivity contribution in [2.75, 3.05) is 0 Å². The van der Waals surface area contributed by atoms with Crippen LogP contribution < -0.4 is 0 Å². The summed E-state index contributed by atoms with van der Waals surface area (Å²) in [6.07, 6.45) is 18.2. The number of aliphatic hydroxyl groups is 1. The Morgan fingerprint density at radius 1 is 1.11 bits per heavy atom. The maximum absolute atomic E-state index is 10.0. The summed E-state index contributed by atoms with van der Waals surface area (Å²) >= 11 is 0. The third kappa shape index (κ3) is 4.84. The second-order valence-corrected chi connectivity index (χ2v) is 10.8. The monoisotopic (exact) mass is 387 g/mol. The first-order valence-electron chi connectivity index (χ1n) is 12.1. The lowest BCUT2D eigenvalue weighted by Crippen LogP contribution is -2.36. The molecule has 158 valence electrons. The molecule has 0 amide bonds. The minimum absolute atomic E-state index is 0.172. The van der Waals surface area contributed by atoms with E-state index in [1.54, 1.807) is 5.57 Å². The Labute approximate surface area is 174 Å². The molecule has 28 heavy (non-hydrogen) atoms. The van der Waals surface area contributed by atoms with Crippen LogP contribution in [0.25, 0.3) is 0 Å². The minimum Gasteiger partial charge on any atom is -0.393 e. The molecule has 3 saturated carbocycles. The maximum Gasteiger partial charge on any atom is 0.0583 e. The Morgan fingerprint density at radius 3 is 2.64 bits per heavy atom. The summed E-state index contributed by atoms with van der Waals surface area (Å²) in [7, 11) is 0. The van der Waals surface area contributed by atoms with Gasteiger partial charge in [0.25, 0.3) is 0 Å². The average molecular weight is 388 g/mol. The molecule has 0 saturated heterocycles. The predicted octanol–water partition coefficient (Wildman–Crippen LogP) is 7.62. The maximum atomic E-state index is 10.0. The van der Waals surface area contributed by atoms with Crippen LogP contribution in [-0.2, 0) is 0 Å². The van der Waals surface area contributed by atoms with Gasteiger partial charge in [-0.25, -0.2) is 0 Å². The summed E-state index contributed by atoms with van der Waals surface area (Å²) in [5.74, 6) is 3.37. The lowest BCUT2D eigenvalue weighted by Gasteiger charge is -2.44. The van der Waals surface area contributed by atoms with E-state index in [0.29, 0.717) is 5.41 Å². The molecular formula is C27H44O. The fourth-order valence-electron chi connectivity index (χ4n) is 6.66. The van der Waals surface area contributed by atoms with E-state index >= 15 is 0 Å². The van der Waals surface area contributed by atoms with Crippen molar-refractivity contribution in [1.82, 2.24) is 0 Å². The number of hydrogen-bond donors (Lipinski definition) is 1. The van der Waals surface area contributed by atoms with E-state index in [4.69, 9.17) is 0 Å². The number of rotatable bonds is 6. The molecule has 0 aromatic rings. The van der Waals surface area contributed by atoms with Gasteiger partial charge in [0.15, 0.2) is 0 Å². The highest BCUT2D eigenvalue weighted by Crippen LogP contribution is 2.59. The SMILES string of the molecule is C=C1CC[C@H](O)C/C1=C/C=C1\CCC[C@]2(C)[C@@H]([C@H](C)CCC[13CH]([13CH3])[13CH3])CC[C@@H]12. The highest BCUT2D eigenvalue weighted by atomic mass is 16.3. The Kier molecular flexibility index (Phi) is 7.29. The lowest BCUT2D eigenvalue weighted by molar-refractivity contribution is 0.0929. The summed E-state index contributed by atoms with van der Waals surface area (Å²) in [5, 5.41) is 10.0. The zero-order valence-electron chi connectivity index (χ0n) is 19.0. The molecule has 1 N–H and O–H groups in total. The Balaban J connectivity index is 1.70. The molecular weight excluding hydrogens is 343 g/mol. The molecule has 3 rings (SSSR count). The van der Waals surface area contributed by atoms with Crippen LogP contribution in [0.4, 0.5) is 0 Å². The summed E-state index contributed by atoms with van der Waals surface area (Å²) < 4.78 is 0. The van der Waals surface area contributed by atoms with Gasteiger partial charge < -0.3 is 5.11 Å². The molecule has 3 fully saturated rings. The molecule has 1 heteroatoms. The first-order chi connectivity index (χ1) is 13.3. The van der Waals surface area contributed by atoms with Gasteiger partial charge in [-0.05, 0) is 86.0 Å². The van der Waals surface area contributed by atoms with Crippen LogP contribution in [-0.4, -0.2) is 11.2 Å². The van der Waals surface area contributed by atoms with Gasteiger partial charge in [0, 0.05) is 0 Å². The minimum atomic E-state index is -0.172. The van der Waals surface area contributed by atoms with Crippen LogP contribution in [0, 0.1) is 29.1 Å². The Hall–Kier alpha value is -0.820. The molecule has 0 radical (unpaired) electrons. The van der Waals surface area contributed by atoms with Crippen LogP contribution in [0.2, 0.25) is 0 Å². The van der Waals surface area contributed by atoms with Crippen molar-refractivity contribution >= 4 is 0 Å². The topological polar surface area (TPSA) is 20.2 Å². The van der Waals surface area contributed by atoms with Crippen LogP contribution >= 0.6 is 0 Å². The van der Waals surface area contributed by atoms with Crippen molar-refractivity contribution in [2.45, 2.75) is 104 Å². The first-order valence-corrected chi connectivity index (χ1v) is 12.1. The standard InChI is InChI=1S/C27H44O/c1-19(2)8-6-9-21(4)25-15-16-26-22(10-7-17-27(25,26)5)12-13-23-18-24(28)14-11-20(23)3/h12-13,19,21,24-26,28H,3,6-11,14-18H2,1-2,4-5H3/b22-12+,23-13-/t21-,24+,25-,26+,27-/m1/s1/i1+1,2+1,19+1. The van der Waals surface area contributed by atoms with Crippen molar-refractivity contribution < 1.29 is 5.11 Å². The van der Waals surface area contributed by atoms with Gasteiger partial charge in [0.1, 0.15) is 0 Å². The van der Waals surface area contributed by atoms with E-state index in [-0.39, 0.29) is 6.10 Å². The van der Waals surface area contributed by atoms with E-state index in [1.807, 2.05) is 0 Å². The number of fused-ring (bicyclic) bond motifs is 1. The van der Waals surface area contributed by atoms with Gasteiger partial charge in [0.2, 0.25) is 0 Å². The first kappa shape index (κ1) is 21.9. The second-order valence-electron chi connectivity index (χ2n) is 10.8. The van der Waals surface area contributed by atoms with Gasteiger partial charge >= 0.3 is 0 Å². The molecule has 0 bridgehead atoms. The van der Waals surface area contributed by atoms with Crippen molar-refractivity contribution in [3.63, 3.8) is 0 Å². The summed E-state index contributed by atoms with van der Waals surface area (Å²) in [5.41, 5.74) is 4.72. The molecule has 0 unspecified atom stereocenters. The van der Waals surface area contributed by atoms with E-state index < -0.39 is 0 Å². The molecule has 0 aromatic heterocycles. The molecule has 0 aromatic carbocycles. The Morgan fingerprint density at radius 2 is 1.89 bits per heavy atom. The third-order valence-electron chi connectivity index (χ3n) is 8.35. The van der Waals surface area contributed by atoms with Crippen LogP contribution in [0.1, 0.15) is 98.3 Å². The van der Waals surface area contributed by atoms with Crippen molar-refractivity contribution in [2.24, 2.45) is 29.1 Å². The Bertz CT molecular complexity index is 610. The van der Waals surface area contributed by atoms with Crippen molar-refractivity contribution in [3.8, 4) is 0 Å². The molecule has 0 heterocycles. The third-order valence-corrected chi connectivity index (χ3v) is 8.35. The van der Waals surface area contributed by atoms with Crippen molar-refractivity contribution in [1.29, 1.82) is 0 Å². The van der Waals surface area contributed by atoms with Gasteiger partial charge in [-0.2, -0.15) is 0 Å². The second kappa shape index (κ2) is 9.33. The lowest BCUT2D eigenvalue weighted by atomic mass is 9.60. The molecule has 0 aliphatic heterocycles. The number of aliphatic hydroxyl groups excluding tert-OH is 1. The number of allylic oxidation sites excluding steroid dienone is 4. The normalized spacial score (nSPS) is 37.6. The smallest absolute Gasteiger partial charge is 0.0583 e. The van der Waals surface area contributed by atoms with E-state index in [0.717, 1.165) is 42.9 Å². The predicted molar refractivity (Wildman–Crippen MR) is 121 cm³/mol. The molecule has 3 aliphatic carbocycles. The summed E-state index contributed by atoms with van der Waals surface area (Å²) in [6.45, 7) is 14.1. The fraction of sp³-hybridized carbons (Fsp3) is 0.778. The van der Waals surface area contributed by atoms with Gasteiger partial charge in [0.05, 0.1) is 6.10 Å².